The van der Waals surface area contributed by atoms with Crippen molar-refractivity contribution in [1.82, 2.24) is 4.90 Å². The summed E-state index contributed by atoms with van der Waals surface area (Å²) >= 11 is 12.0. The van der Waals surface area contributed by atoms with Gasteiger partial charge in [0.1, 0.15) is 5.75 Å². The molecule has 1 aliphatic heterocycles. The van der Waals surface area contributed by atoms with Gasteiger partial charge in [-0.05, 0) is 12.1 Å². The van der Waals surface area contributed by atoms with Crippen LogP contribution in [0, 0.1) is 0 Å². The lowest BCUT2D eigenvalue weighted by atomic mass is 9.97. The van der Waals surface area contributed by atoms with Crippen molar-refractivity contribution in [1.29, 1.82) is 0 Å². The summed E-state index contributed by atoms with van der Waals surface area (Å²) in [4.78, 5) is 24.2. The highest BCUT2D eigenvalue weighted by Crippen LogP contribution is 2.41. The summed E-state index contributed by atoms with van der Waals surface area (Å²) in [7, 11) is 0. The Morgan fingerprint density at radius 3 is 2.80 bits per heavy atom. The molecule has 5 nitrogen and oxygen atoms in total. The third-order valence-corrected chi connectivity index (χ3v) is 4.18. The Bertz CT molecular complexity index is 563. The zero-order valence-electron chi connectivity index (χ0n) is 10.6. The Labute approximate surface area is 126 Å². The summed E-state index contributed by atoms with van der Waals surface area (Å²) in [5, 5.41) is 10.5. The second-order valence-corrected chi connectivity index (χ2v) is 5.54. The summed E-state index contributed by atoms with van der Waals surface area (Å²) in [5.74, 6) is -0.757. The summed E-state index contributed by atoms with van der Waals surface area (Å²) in [6.45, 7) is 0.670. The van der Waals surface area contributed by atoms with Crippen LogP contribution in [0.3, 0.4) is 0 Å². The van der Waals surface area contributed by atoms with Crippen LogP contribution < -0.4 is 5.73 Å². The van der Waals surface area contributed by atoms with Crippen LogP contribution in [0.4, 0.5) is 0 Å². The molecular weight excluding hydrogens is 303 g/mol. The lowest BCUT2D eigenvalue weighted by molar-refractivity contribution is -0.128. The molecular formula is C13H14Cl2N2O3. The molecule has 0 bridgehead atoms. The number of nitrogens with two attached hydrogens (primary N) is 1. The molecule has 1 atom stereocenters. The number of aromatic hydroxyl groups is 1. The lowest BCUT2D eigenvalue weighted by Crippen LogP contribution is -2.29. The number of carbonyl (C=O) groups excluding carboxylic acids is 2. The molecule has 0 spiro atoms. The Morgan fingerprint density at radius 2 is 2.15 bits per heavy atom. The van der Waals surface area contributed by atoms with E-state index in [0.717, 1.165) is 0 Å². The minimum atomic E-state index is -0.454. The Morgan fingerprint density at radius 1 is 1.45 bits per heavy atom. The molecule has 0 radical (unpaired) electrons. The quantitative estimate of drug-likeness (QED) is 0.889. The van der Waals surface area contributed by atoms with Crippen LogP contribution in [-0.2, 0) is 9.59 Å². The van der Waals surface area contributed by atoms with Gasteiger partial charge in [0.05, 0.1) is 10.0 Å². The maximum absolute atomic E-state index is 11.9. The standard InChI is InChI=1S/C13H14Cl2N2O3/c14-8-1-2-9(18)12(13(8)15)7-5-11(20)17(6-7)4-3-10(16)19/h1-2,7,18H,3-6H2,(H2,16,19)/t7-/m1/s1. The number of phenolic OH excluding ortho intramolecular Hbond substituents is 1. The highest BCUT2D eigenvalue weighted by Gasteiger charge is 2.33. The number of rotatable bonds is 4. The first-order valence-corrected chi connectivity index (χ1v) is 6.88. The van der Waals surface area contributed by atoms with Crippen LogP contribution in [0.5, 0.6) is 5.75 Å². The maximum Gasteiger partial charge on any atom is 0.223 e. The fourth-order valence-corrected chi connectivity index (χ4v) is 2.85. The van der Waals surface area contributed by atoms with Crippen LogP contribution in [0.2, 0.25) is 10.0 Å². The van der Waals surface area contributed by atoms with Gasteiger partial charge in [-0.15, -0.1) is 0 Å². The molecule has 1 saturated heterocycles. The van der Waals surface area contributed by atoms with E-state index in [1.54, 1.807) is 4.90 Å². The monoisotopic (exact) mass is 316 g/mol. The van der Waals surface area contributed by atoms with E-state index in [-0.39, 0.29) is 42.0 Å². The zero-order valence-corrected chi connectivity index (χ0v) is 12.1. The first-order chi connectivity index (χ1) is 9.40. The molecule has 2 amide bonds. The van der Waals surface area contributed by atoms with E-state index in [9.17, 15) is 14.7 Å². The van der Waals surface area contributed by atoms with E-state index in [1.165, 1.54) is 12.1 Å². The van der Waals surface area contributed by atoms with Crippen molar-refractivity contribution in [3.63, 3.8) is 0 Å². The van der Waals surface area contributed by atoms with E-state index in [1.807, 2.05) is 0 Å². The lowest BCUT2D eigenvalue weighted by Gasteiger charge is -2.17. The second kappa shape index (κ2) is 5.89. The molecule has 1 aromatic carbocycles. The predicted molar refractivity (Wildman–Crippen MR) is 75.9 cm³/mol. The number of halogens is 2. The van der Waals surface area contributed by atoms with Gasteiger partial charge < -0.3 is 15.7 Å². The van der Waals surface area contributed by atoms with Crippen molar-refractivity contribution in [3.8, 4) is 5.75 Å². The molecule has 1 aliphatic rings. The summed E-state index contributed by atoms with van der Waals surface area (Å²) in [6.07, 6.45) is 0.347. The number of primary amides is 1. The van der Waals surface area contributed by atoms with Gasteiger partial charge >= 0.3 is 0 Å². The zero-order chi connectivity index (χ0) is 14.9. The summed E-state index contributed by atoms with van der Waals surface area (Å²) in [6, 6.07) is 2.96. The third-order valence-electron chi connectivity index (χ3n) is 3.36. The summed E-state index contributed by atoms with van der Waals surface area (Å²) in [5.41, 5.74) is 5.56. The molecule has 20 heavy (non-hydrogen) atoms. The number of phenols is 1. The van der Waals surface area contributed by atoms with Gasteiger partial charge in [0.2, 0.25) is 11.8 Å². The normalized spacial score (nSPS) is 18.6. The fourth-order valence-electron chi connectivity index (χ4n) is 2.37. The van der Waals surface area contributed by atoms with Crippen molar-refractivity contribution < 1.29 is 14.7 Å². The largest absolute Gasteiger partial charge is 0.508 e. The number of benzene rings is 1. The van der Waals surface area contributed by atoms with Crippen LogP contribution in [0.1, 0.15) is 24.3 Å². The van der Waals surface area contributed by atoms with E-state index in [4.69, 9.17) is 28.9 Å². The van der Waals surface area contributed by atoms with E-state index in [0.29, 0.717) is 17.1 Å². The maximum atomic E-state index is 11.9. The number of likely N-dealkylation sites (tertiary alicyclic amines) is 1. The highest BCUT2D eigenvalue weighted by molar-refractivity contribution is 6.42. The first kappa shape index (κ1) is 14.9. The predicted octanol–water partition coefficient (Wildman–Crippen LogP) is 1.89. The van der Waals surface area contributed by atoms with Gasteiger partial charge in [0.15, 0.2) is 0 Å². The SMILES string of the molecule is NC(=O)CCN1C[C@H](c2c(O)ccc(Cl)c2Cl)CC1=O. The van der Waals surface area contributed by atoms with Crippen LogP contribution in [0.25, 0.3) is 0 Å². The number of carbonyl (C=O) groups is 2. The van der Waals surface area contributed by atoms with Gasteiger partial charge in [-0.1, -0.05) is 23.2 Å². The van der Waals surface area contributed by atoms with E-state index >= 15 is 0 Å². The molecule has 0 aromatic heterocycles. The number of amides is 2. The van der Waals surface area contributed by atoms with Crippen molar-refractivity contribution in [2.24, 2.45) is 5.73 Å². The second-order valence-electron chi connectivity index (χ2n) is 4.75. The molecule has 0 saturated carbocycles. The number of hydrogen-bond donors (Lipinski definition) is 2. The minimum absolute atomic E-state index is 0.0222. The molecule has 3 N–H and O–H groups in total. The van der Waals surface area contributed by atoms with Crippen LogP contribution in [-0.4, -0.2) is 34.9 Å². The van der Waals surface area contributed by atoms with Gasteiger partial charge in [0.25, 0.3) is 0 Å². The molecule has 1 heterocycles. The van der Waals surface area contributed by atoms with Gasteiger partial charge in [-0.3, -0.25) is 9.59 Å². The first-order valence-electron chi connectivity index (χ1n) is 6.13. The molecule has 2 rings (SSSR count). The topological polar surface area (TPSA) is 83.6 Å². The Balaban J connectivity index is 2.18. The Hall–Kier alpha value is -1.46. The molecule has 1 fully saturated rings. The average molecular weight is 317 g/mol. The van der Waals surface area contributed by atoms with Gasteiger partial charge in [-0.2, -0.15) is 0 Å². The fraction of sp³-hybridized carbons (Fsp3) is 0.385. The van der Waals surface area contributed by atoms with Crippen LogP contribution >= 0.6 is 23.2 Å². The van der Waals surface area contributed by atoms with Crippen molar-refractivity contribution >= 4 is 35.0 Å². The van der Waals surface area contributed by atoms with Crippen molar-refractivity contribution in [2.45, 2.75) is 18.8 Å². The van der Waals surface area contributed by atoms with E-state index in [2.05, 4.69) is 0 Å². The summed E-state index contributed by atoms with van der Waals surface area (Å²) < 4.78 is 0. The molecule has 108 valence electrons. The molecule has 0 unspecified atom stereocenters. The van der Waals surface area contributed by atoms with Gasteiger partial charge in [0, 0.05) is 37.4 Å². The molecule has 7 heteroatoms. The van der Waals surface area contributed by atoms with Crippen LogP contribution in [0.15, 0.2) is 12.1 Å². The smallest absolute Gasteiger partial charge is 0.223 e. The third kappa shape index (κ3) is 2.99. The van der Waals surface area contributed by atoms with Crippen molar-refractivity contribution in [2.75, 3.05) is 13.1 Å². The Kier molecular flexibility index (Phi) is 4.40. The van der Waals surface area contributed by atoms with Gasteiger partial charge in [-0.25, -0.2) is 0 Å². The van der Waals surface area contributed by atoms with E-state index < -0.39 is 5.91 Å². The average Bonchev–Trinajstić information content (AvgIpc) is 2.73. The number of hydrogen-bond acceptors (Lipinski definition) is 3. The molecule has 1 aromatic rings. The highest BCUT2D eigenvalue weighted by atomic mass is 35.5. The minimum Gasteiger partial charge on any atom is -0.508 e. The van der Waals surface area contributed by atoms with Crippen molar-refractivity contribution in [3.05, 3.63) is 27.7 Å². The number of nitrogens with zero attached hydrogens (tertiary/aromatic N) is 1. The molecule has 0 aliphatic carbocycles.